The molecule has 7 nitrogen and oxygen atoms in total. The second-order valence-corrected chi connectivity index (χ2v) is 6.75. The van der Waals surface area contributed by atoms with E-state index >= 15 is 0 Å². The fourth-order valence-electron chi connectivity index (χ4n) is 2.12. The average molecular weight is 346 g/mol. The van der Waals surface area contributed by atoms with Gasteiger partial charge in [-0.2, -0.15) is 0 Å². The lowest BCUT2D eigenvalue weighted by Crippen LogP contribution is -2.23. The summed E-state index contributed by atoms with van der Waals surface area (Å²) >= 11 is 0. The Kier molecular flexibility index (Phi) is 4.32. The summed E-state index contributed by atoms with van der Waals surface area (Å²) in [6.45, 7) is 0.0984. The summed E-state index contributed by atoms with van der Waals surface area (Å²) in [6, 6.07) is 10.4. The number of sulfonamides is 1. The molecule has 0 radical (unpaired) electrons. The van der Waals surface area contributed by atoms with Crippen LogP contribution >= 0.6 is 0 Å². The summed E-state index contributed by atoms with van der Waals surface area (Å²) < 4.78 is 37.2. The summed E-state index contributed by atoms with van der Waals surface area (Å²) in [7, 11) is -2.20. The molecule has 0 saturated carbocycles. The average Bonchev–Trinajstić information content (AvgIpc) is 2.60. The Morgan fingerprint density at radius 2 is 2.00 bits per heavy atom. The van der Waals surface area contributed by atoms with Crippen molar-refractivity contribution in [3.8, 4) is 5.88 Å². The van der Waals surface area contributed by atoms with Crippen LogP contribution in [0.4, 0.5) is 0 Å². The van der Waals surface area contributed by atoms with Gasteiger partial charge in [0.25, 0.3) is 0 Å². The predicted molar refractivity (Wildman–Crippen MR) is 87.3 cm³/mol. The van der Waals surface area contributed by atoms with Crippen molar-refractivity contribution in [3.05, 3.63) is 64.6 Å². The molecule has 1 N–H and O–H groups in total. The number of hydrogen-bond acceptors (Lipinski definition) is 6. The van der Waals surface area contributed by atoms with E-state index < -0.39 is 15.6 Å². The Bertz CT molecular complexity index is 1030. The van der Waals surface area contributed by atoms with Gasteiger partial charge in [0, 0.05) is 30.3 Å². The number of rotatable bonds is 5. The standard InChI is InChI=1S/C16H14N2O5S/c1-22-15-6-2-11(9-17-15)10-18-24(20,21)13-4-5-14-12(8-13)3-7-16(19)23-14/h2-9,18H,10H2,1H3. The van der Waals surface area contributed by atoms with Gasteiger partial charge in [-0.25, -0.2) is 22.9 Å². The summed E-state index contributed by atoms with van der Waals surface area (Å²) in [5, 5.41) is 0.531. The molecular formula is C16H14N2O5S. The van der Waals surface area contributed by atoms with E-state index in [0.717, 1.165) is 0 Å². The zero-order valence-electron chi connectivity index (χ0n) is 12.7. The van der Waals surface area contributed by atoms with Gasteiger partial charge in [-0.1, -0.05) is 6.07 Å². The molecule has 24 heavy (non-hydrogen) atoms. The smallest absolute Gasteiger partial charge is 0.336 e. The highest BCUT2D eigenvalue weighted by Crippen LogP contribution is 2.18. The highest BCUT2D eigenvalue weighted by Gasteiger charge is 2.15. The second-order valence-electron chi connectivity index (χ2n) is 4.99. The summed E-state index contributed by atoms with van der Waals surface area (Å²) in [6.07, 6.45) is 1.54. The number of ether oxygens (including phenoxy) is 1. The van der Waals surface area contributed by atoms with Crippen LogP contribution in [0.5, 0.6) is 5.88 Å². The highest BCUT2D eigenvalue weighted by atomic mass is 32.2. The molecule has 0 fully saturated rings. The summed E-state index contributed by atoms with van der Waals surface area (Å²) in [5.74, 6) is 0.456. The molecule has 2 heterocycles. The lowest BCUT2D eigenvalue weighted by molar-refractivity contribution is 0.397. The fraction of sp³-hybridized carbons (Fsp3) is 0.125. The Morgan fingerprint density at radius 3 is 2.71 bits per heavy atom. The van der Waals surface area contributed by atoms with E-state index in [2.05, 4.69) is 9.71 Å². The Morgan fingerprint density at radius 1 is 1.17 bits per heavy atom. The number of nitrogens with zero attached hydrogens (tertiary/aromatic N) is 1. The molecule has 0 saturated heterocycles. The maximum atomic E-state index is 12.4. The molecule has 0 spiro atoms. The van der Waals surface area contributed by atoms with Gasteiger partial charge >= 0.3 is 5.63 Å². The van der Waals surface area contributed by atoms with Crippen molar-refractivity contribution in [1.82, 2.24) is 9.71 Å². The topological polar surface area (TPSA) is 98.5 Å². The molecule has 0 aliphatic rings. The summed E-state index contributed by atoms with van der Waals surface area (Å²) in [4.78, 5) is 15.3. The number of aromatic nitrogens is 1. The highest BCUT2D eigenvalue weighted by molar-refractivity contribution is 7.89. The number of hydrogen-bond donors (Lipinski definition) is 1. The van der Waals surface area contributed by atoms with E-state index in [1.165, 1.54) is 43.6 Å². The second kappa shape index (κ2) is 6.42. The molecule has 0 unspecified atom stereocenters. The largest absolute Gasteiger partial charge is 0.481 e. The van der Waals surface area contributed by atoms with Gasteiger partial charge in [-0.05, 0) is 29.8 Å². The Balaban J connectivity index is 1.81. The monoisotopic (exact) mass is 346 g/mol. The van der Waals surface area contributed by atoms with Crippen molar-refractivity contribution < 1.29 is 17.6 Å². The van der Waals surface area contributed by atoms with Crippen LogP contribution in [-0.4, -0.2) is 20.5 Å². The van der Waals surface area contributed by atoms with Crippen LogP contribution < -0.4 is 15.1 Å². The minimum atomic E-state index is -3.70. The van der Waals surface area contributed by atoms with Crippen LogP contribution in [0.3, 0.4) is 0 Å². The van der Waals surface area contributed by atoms with Crippen molar-refractivity contribution >= 4 is 21.0 Å². The fourth-order valence-corrected chi connectivity index (χ4v) is 3.17. The molecule has 0 aliphatic carbocycles. The van der Waals surface area contributed by atoms with Crippen LogP contribution in [0.2, 0.25) is 0 Å². The first-order valence-electron chi connectivity index (χ1n) is 7.00. The van der Waals surface area contributed by atoms with Gasteiger partial charge in [0.2, 0.25) is 15.9 Å². The minimum absolute atomic E-state index is 0.0883. The molecule has 124 valence electrons. The third-order valence-corrected chi connectivity index (χ3v) is 4.77. The molecule has 3 rings (SSSR count). The van der Waals surface area contributed by atoms with E-state index in [-0.39, 0.29) is 11.4 Å². The van der Waals surface area contributed by atoms with E-state index in [0.29, 0.717) is 22.4 Å². The molecule has 0 aliphatic heterocycles. The van der Waals surface area contributed by atoms with E-state index in [1.807, 2.05) is 0 Å². The first kappa shape index (κ1) is 16.2. The van der Waals surface area contributed by atoms with E-state index in [9.17, 15) is 13.2 Å². The van der Waals surface area contributed by atoms with Crippen LogP contribution in [0, 0.1) is 0 Å². The number of benzene rings is 1. The zero-order valence-corrected chi connectivity index (χ0v) is 13.5. The number of nitrogens with one attached hydrogen (secondary N) is 1. The number of fused-ring (bicyclic) bond motifs is 1. The van der Waals surface area contributed by atoms with Crippen LogP contribution in [0.15, 0.2) is 62.8 Å². The quantitative estimate of drug-likeness (QED) is 0.706. The molecule has 0 amide bonds. The van der Waals surface area contributed by atoms with Gasteiger partial charge in [-0.15, -0.1) is 0 Å². The first-order chi connectivity index (χ1) is 11.5. The van der Waals surface area contributed by atoms with Gasteiger partial charge < -0.3 is 9.15 Å². The van der Waals surface area contributed by atoms with Crippen molar-refractivity contribution in [3.63, 3.8) is 0 Å². The van der Waals surface area contributed by atoms with Gasteiger partial charge in [-0.3, -0.25) is 0 Å². The number of pyridine rings is 1. The Labute approximate surface area is 138 Å². The van der Waals surface area contributed by atoms with Gasteiger partial charge in [0.15, 0.2) is 0 Å². The van der Waals surface area contributed by atoms with Crippen molar-refractivity contribution in [2.24, 2.45) is 0 Å². The predicted octanol–water partition coefficient (Wildman–Crippen LogP) is 1.68. The normalized spacial score (nSPS) is 11.5. The molecule has 0 bridgehead atoms. The van der Waals surface area contributed by atoms with Crippen molar-refractivity contribution in [1.29, 1.82) is 0 Å². The molecular weight excluding hydrogens is 332 g/mol. The molecule has 2 aromatic heterocycles. The van der Waals surface area contributed by atoms with Crippen LogP contribution in [0.1, 0.15) is 5.56 Å². The molecule has 0 atom stereocenters. The SMILES string of the molecule is COc1ccc(CNS(=O)(=O)c2ccc3oc(=O)ccc3c2)cn1. The number of methoxy groups -OCH3 is 1. The minimum Gasteiger partial charge on any atom is -0.481 e. The van der Waals surface area contributed by atoms with Crippen molar-refractivity contribution in [2.75, 3.05) is 7.11 Å². The van der Waals surface area contributed by atoms with Crippen molar-refractivity contribution in [2.45, 2.75) is 11.4 Å². The summed E-state index contributed by atoms with van der Waals surface area (Å²) in [5.41, 5.74) is 0.551. The third kappa shape index (κ3) is 3.44. The van der Waals surface area contributed by atoms with E-state index in [1.54, 1.807) is 12.1 Å². The van der Waals surface area contributed by atoms with Crippen LogP contribution in [0.25, 0.3) is 11.0 Å². The Hall–Kier alpha value is -2.71. The van der Waals surface area contributed by atoms with Gasteiger partial charge in [0.1, 0.15) is 5.58 Å². The zero-order chi connectivity index (χ0) is 17.2. The maximum absolute atomic E-state index is 12.4. The van der Waals surface area contributed by atoms with Gasteiger partial charge in [0.05, 0.1) is 12.0 Å². The van der Waals surface area contributed by atoms with E-state index in [4.69, 9.17) is 9.15 Å². The lowest BCUT2D eigenvalue weighted by atomic mass is 10.2. The molecule has 1 aromatic carbocycles. The molecule has 8 heteroatoms. The first-order valence-corrected chi connectivity index (χ1v) is 8.49. The van der Waals surface area contributed by atoms with Crippen LogP contribution in [-0.2, 0) is 16.6 Å². The lowest BCUT2D eigenvalue weighted by Gasteiger charge is -2.08. The molecule has 3 aromatic rings. The maximum Gasteiger partial charge on any atom is 0.336 e. The third-order valence-electron chi connectivity index (χ3n) is 3.37.